The molecule has 0 atom stereocenters. The molecule has 6 nitrogen and oxygen atoms in total. The molecule has 0 N–H and O–H groups in total. The van der Waals surface area contributed by atoms with Gasteiger partial charge in [-0.1, -0.05) is 222 Å². The minimum Gasteiger partial charge on any atom is -0.456 e. The summed E-state index contributed by atoms with van der Waals surface area (Å²) >= 11 is 0. The zero-order valence-corrected chi connectivity index (χ0v) is 65.1. The summed E-state index contributed by atoms with van der Waals surface area (Å²) in [6, 6.07) is 126. The van der Waals surface area contributed by atoms with Gasteiger partial charge in [-0.3, -0.25) is 0 Å². The second-order valence-corrected chi connectivity index (χ2v) is 31.5. The predicted molar refractivity (Wildman–Crippen MR) is 473 cm³/mol. The van der Waals surface area contributed by atoms with Crippen molar-refractivity contribution in [2.24, 2.45) is 0 Å². The SMILES string of the molecule is CC(Oc1ccc(-c2ccc(N(c3ccc(-c4ccc5c(c4)c4cc(-c6ccc7c(c6)c6cc(-c8ccc(N(c9ccc(-c%10ccc(OC(F)=C(F)F)cc%10)cc9)c9ccc%10c(c9)C(C)(C)c9ccccc9-%10)cc8)ccc6n7-c6ccccc6)ccc4n5-c4ccccc4)cc3)c3ccc4c(c3)C(C)(C)c3ccccc3-4)cc2)cc1)=C(F)F. The first-order chi connectivity index (χ1) is 57.4. The molecule has 0 aliphatic heterocycles. The first kappa shape index (κ1) is 72.4. The minimum absolute atomic E-state index is 0.0294. The Morgan fingerprint density at radius 3 is 0.856 bits per heavy atom. The second-order valence-electron chi connectivity index (χ2n) is 31.5. The molecule has 18 aromatic rings. The Labute approximate surface area is 680 Å². The lowest BCUT2D eigenvalue weighted by Gasteiger charge is -2.28. The van der Waals surface area contributed by atoms with Gasteiger partial charge >= 0.3 is 18.2 Å². The summed E-state index contributed by atoms with van der Waals surface area (Å²) in [5.74, 6) is -0.110. The quantitative estimate of drug-likeness (QED) is 0.0672. The average molecular weight is 1540 g/mol. The van der Waals surface area contributed by atoms with Crippen molar-refractivity contribution in [2.45, 2.75) is 45.4 Å². The van der Waals surface area contributed by atoms with Gasteiger partial charge in [0.05, 0.1) is 22.1 Å². The Morgan fingerprint density at radius 2 is 0.525 bits per heavy atom. The summed E-state index contributed by atoms with van der Waals surface area (Å²) in [5, 5.41) is 4.53. The molecule has 0 amide bonds. The number of nitrogens with zero attached hydrogens (tertiary/aromatic N) is 4. The number of ether oxygens (including phenoxy) is 2. The van der Waals surface area contributed by atoms with Gasteiger partial charge in [0.25, 0.3) is 0 Å². The maximum Gasteiger partial charge on any atom is 0.344 e. The smallest absolute Gasteiger partial charge is 0.344 e. The number of fused-ring (bicyclic) bond motifs is 12. The van der Waals surface area contributed by atoms with Crippen molar-refractivity contribution in [1.82, 2.24) is 9.13 Å². The Morgan fingerprint density at radius 1 is 0.254 bits per heavy atom. The average Bonchev–Trinajstić information content (AvgIpc) is 1.61. The molecule has 0 saturated carbocycles. The first-order valence-corrected chi connectivity index (χ1v) is 39.5. The molecular weight excluding hydrogens is 1470 g/mol. The Bertz CT molecular complexity index is 6640. The lowest BCUT2D eigenvalue weighted by Crippen LogP contribution is -2.16. The van der Waals surface area contributed by atoms with E-state index in [1.165, 1.54) is 63.6 Å². The highest BCUT2D eigenvalue weighted by atomic mass is 19.3. The van der Waals surface area contributed by atoms with E-state index in [0.29, 0.717) is 5.75 Å². The van der Waals surface area contributed by atoms with Crippen LogP contribution < -0.4 is 19.3 Å². The number of anilines is 6. The summed E-state index contributed by atoms with van der Waals surface area (Å²) in [7, 11) is 0. The second kappa shape index (κ2) is 28.8. The van der Waals surface area contributed by atoms with Crippen LogP contribution in [-0.4, -0.2) is 9.13 Å². The van der Waals surface area contributed by atoms with Gasteiger partial charge in [-0.2, -0.15) is 22.0 Å². The van der Waals surface area contributed by atoms with Gasteiger partial charge in [0.15, 0.2) is 5.76 Å². The van der Waals surface area contributed by atoms with Crippen molar-refractivity contribution in [3.63, 3.8) is 0 Å². The topological polar surface area (TPSA) is 34.8 Å². The number of hydrogen-bond donors (Lipinski definition) is 0. The van der Waals surface area contributed by atoms with Gasteiger partial charge in [0.1, 0.15) is 11.5 Å². The third-order valence-corrected chi connectivity index (χ3v) is 24.0. The molecule has 0 unspecified atom stereocenters. The number of halogens is 5. The standard InChI is InChI=1S/C107H75F5N4O2/c1-66(103(108)109)117-85-50-32-69(33-51-85)67-24-40-79(41-25-67)113(83-48-54-89-87-20-12-14-22-95(87)106(2,3)97(89)64-83)81-44-28-71(29-45-81)73-36-56-99-91(60-73)93-62-75(38-58-101(93)115(99)77-16-8-6-9-17-77)76-39-59-102-94(63-76)92-61-74(37-57-100(92)116(102)78-18-10-7-11-19-78)72-30-46-82(47-31-72)114(84-49-55-90-88-21-13-15-23-96(88)107(4,5)98(90)65-84)80-42-26-68(27-43-80)70-34-52-86(53-35-70)118-105(112)104(110)111/h6-65H,1-5H3. The fourth-order valence-electron chi connectivity index (χ4n) is 18.0. The molecule has 20 rings (SSSR count). The van der Waals surface area contributed by atoms with Crippen LogP contribution in [0.4, 0.5) is 56.1 Å². The summed E-state index contributed by atoms with van der Waals surface area (Å²) in [6.45, 7) is 10.5. The first-order valence-electron chi connectivity index (χ1n) is 39.5. The monoisotopic (exact) mass is 1540 g/mol. The molecule has 0 bridgehead atoms. The fraction of sp³-hybridized carbons (Fsp3) is 0.0654. The van der Waals surface area contributed by atoms with Crippen molar-refractivity contribution in [3.8, 4) is 101 Å². The lowest BCUT2D eigenvalue weighted by molar-refractivity contribution is 0.241. The van der Waals surface area contributed by atoms with E-state index in [2.05, 4.69) is 350 Å². The van der Waals surface area contributed by atoms with Gasteiger partial charge in [-0.05, 0) is 277 Å². The summed E-state index contributed by atoms with van der Waals surface area (Å²) in [6.07, 6.45) is -4.36. The summed E-state index contributed by atoms with van der Waals surface area (Å²) < 4.78 is 81.0. The summed E-state index contributed by atoms with van der Waals surface area (Å²) in [4.78, 5) is 4.61. The van der Waals surface area contributed by atoms with Gasteiger partial charge < -0.3 is 28.4 Å². The van der Waals surface area contributed by atoms with Crippen LogP contribution in [0.5, 0.6) is 11.5 Å². The molecule has 2 heterocycles. The number of allylic oxidation sites excluding steroid dienone is 1. The summed E-state index contributed by atoms with van der Waals surface area (Å²) in [5.41, 5.74) is 32.2. The van der Waals surface area contributed by atoms with E-state index in [-0.39, 0.29) is 16.6 Å². The number of para-hydroxylation sites is 2. The number of hydrogen-bond acceptors (Lipinski definition) is 4. The van der Waals surface area contributed by atoms with Crippen LogP contribution >= 0.6 is 0 Å². The van der Waals surface area contributed by atoms with Gasteiger partial charge in [-0.15, -0.1) is 0 Å². The third kappa shape index (κ3) is 12.6. The van der Waals surface area contributed by atoms with Gasteiger partial charge in [0, 0.05) is 77.9 Å². The molecule has 2 aliphatic rings. The van der Waals surface area contributed by atoms with Crippen LogP contribution in [0.3, 0.4) is 0 Å². The Hall–Kier alpha value is -14.6. The molecule has 2 aromatic heterocycles. The maximum absolute atomic E-state index is 13.7. The van der Waals surface area contributed by atoms with E-state index in [1.807, 2.05) is 24.3 Å². The van der Waals surface area contributed by atoms with E-state index in [0.717, 1.165) is 145 Å². The largest absolute Gasteiger partial charge is 0.456 e. The minimum atomic E-state index is -2.51. The highest BCUT2D eigenvalue weighted by Gasteiger charge is 2.38. The van der Waals surface area contributed by atoms with E-state index < -0.39 is 23.9 Å². The van der Waals surface area contributed by atoms with Gasteiger partial charge in [0.2, 0.25) is 0 Å². The van der Waals surface area contributed by atoms with Crippen LogP contribution in [0, 0.1) is 0 Å². The van der Waals surface area contributed by atoms with Crippen molar-refractivity contribution in [1.29, 1.82) is 0 Å². The molecular formula is C107H75F5N4O2. The highest BCUT2D eigenvalue weighted by molar-refractivity contribution is 6.14. The van der Waals surface area contributed by atoms with Crippen LogP contribution in [-0.2, 0) is 10.8 Å². The normalized spacial score (nSPS) is 12.8. The molecule has 0 fully saturated rings. The predicted octanol–water partition coefficient (Wildman–Crippen LogP) is 30.7. The number of aromatic nitrogens is 2. The molecule has 2 aliphatic carbocycles. The highest BCUT2D eigenvalue weighted by Crippen LogP contribution is 2.54. The van der Waals surface area contributed by atoms with Crippen LogP contribution in [0.15, 0.2) is 388 Å². The fourth-order valence-corrected chi connectivity index (χ4v) is 18.0. The molecule has 16 aromatic carbocycles. The van der Waals surface area contributed by atoms with E-state index in [9.17, 15) is 22.0 Å². The van der Waals surface area contributed by atoms with Crippen molar-refractivity contribution in [2.75, 3.05) is 9.80 Å². The van der Waals surface area contributed by atoms with Crippen molar-refractivity contribution < 1.29 is 31.4 Å². The van der Waals surface area contributed by atoms with E-state index in [1.54, 1.807) is 24.3 Å². The third-order valence-electron chi connectivity index (χ3n) is 24.0. The Kier molecular flexibility index (Phi) is 17.7. The lowest BCUT2D eigenvalue weighted by atomic mass is 9.82. The zero-order chi connectivity index (χ0) is 80.2. The molecule has 118 heavy (non-hydrogen) atoms. The van der Waals surface area contributed by atoms with Crippen LogP contribution in [0.2, 0.25) is 0 Å². The molecule has 11 heteroatoms. The number of rotatable bonds is 17. The molecule has 0 spiro atoms. The van der Waals surface area contributed by atoms with Crippen LogP contribution in [0.25, 0.3) is 133 Å². The molecule has 0 saturated heterocycles. The number of benzene rings is 16. The van der Waals surface area contributed by atoms with E-state index in [4.69, 9.17) is 9.47 Å². The molecule has 0 radical (unpaired) electrons. The van der Waals surface area contributed by atoms with Crippen molar-refractivity contribution >= 4 is 77.7 Å². The van der Waals surface area contributed by atoms with E-state index >= 15 is 0 Å². The Balaban J connectivity index is 0.653. The van der Waals surface area contributed by atoms with Gasteiger partial charge in [-0.25, -0.2) is 0 Å². The maximum atomic E-state index is 13.7. The molecule has 570 valence electrons. The van der Waals surface area contributed by atoms with Crippen LogP contribution in [0.1, 0.15) is 56.9 Å². The zero-order valence-electron chi connectivity index (χ0n) is 65.1. The van der Waals surface area contributed by atoms with Crippen molar-refractivity contribution in [3.05, 3.63) is 410 Å².